The summed E-state index contributed by atoms with van der Waals surface area (Å²) in [5.74, 6) is -0.412. The second kappa shape index (κ2) is 7.17. The lowest BCUT2D eigenvalue weighted by Crippen LogP contribution is -2.07. The molecule has 5 rings (SSSR count). The van der Waals surface area contributed by atoms with Gasteiger partial charge < -0.3 is 5.11 Å². The van der Waals surface area contributed by atoms with Gasteiger partial charge in [-0.15, -0.1) is 0 Å². The number of aromatic nitrogens is 1. The van der Waals surface area contributed by atoms with Gasteiger partial charge in [0.15, 0.2) is 0 Å². The van der Waals surface area contributed by atoms with E-state index in [2.05, 4.69) is 53.5 Å². The predicted octanol–water partition coefficient (Wildman–Crippen LogP) is 6.07. The number of fused-ring (bicyclic) bond motifs is 1. The number of nitrogens with zero attached hydrogens (tertiary/aromatic N) is 1. The summed E-state index contributed by atoms with van der Waals surface area (Å²) in [5, 5.41) is 12.0. The standard InChI is InChI=1S/C26H21NO2/c28-26(29)24-15-21(18-11-12-18)16-27-25(24)14-17-9-10-20-7-4-8-22(23(20)13-17)19-5-2-1-3-6-19/h1-10,13,15-16,18H,11-12,14H2,(H,28,29). The maximum absolute atomic E-state index is 11.8. The Hall–Kier alpha value is -3.46. The minimum absolute atomic E-state index is 0.325. The number of aromatic carboxylic acids is 1. The summed E-state index contributed by atoms with van der Waals surface area (Å²) in [6.45, 7) is 0. The van der Waals surface area contributed by atoms with Crippen LogP contribution in [0.25, 0.3) is 21.9 Å². The van der Waals surface area contributed by atoms with Gasteiger partial charge in [0.2, 0.25) is 0 Å². The monoisotopic (exact) mass is 379 g/mol. The molecule has 1 saturated carbocycles. The fourth-order valence-corrected chi connectivity index (χ4v) is 3.97. The zero-order valence-electron chi connectivity index (χ0n) is 16.0. The molecule has 0 saturated heterocycles. The van der Waals surface area contributed by atoms with Gasteiger partial charge in [0.05, 0.1) is 11.3 Å². The van der Waals surface area contributed by atoms with E-state index in [-0.39, 0.29) is 0 Å². The maximum atomic E-state index is 11.8. The third kappa shape index (κ3) is 3.52. The molecule has 1 fully saturated rings. The molecule has 1 aromatic heterocycles. The Bertz CT molecular complexity index is 1210. The molecule has 0 amide bonds. The van der Waals surface area contributed by atoms with Gasteiger partial charge in [0.1, 0.15) is 0 Å². The van der Waals surface area contributed by atoms with Crippen LogP contribution < -0.4 is 0 Å². The van der Waals surface area contributed by atoms with Crippen molar-refractivity contribution in [1.29, 1.82) is 0 Å². The Morgan fingerprint density at radius 1 is 0.966 bits per heavy atom. The Labute approximate surface area is 169 Å². The normalized spacial score (nSPS) is 13.5. The highest BCUT2D eigenvalue weighted by Gasteiger charge is 2.25. The van der Waals surface area contributed by atoms with Crippen LogP contribution in [0.3, 0.4) is 0 Å². The molecule has 1 heterocycles. The number of hydrogen-bond acceptors (Lipinski definition) is 2. The van der Waals surface area contributed by atoms with Gasteiger partial charge in [0, 0.05) is 12.6 Å². The smallest absolute Gasteiger partial charge is 0.337 e. The highest BCUT2D eigenvalue weighted by Crippen LogP contribution is 2.40. The molecule has 1 N–H and O–H groups in total. The van der Waals surface area contributed by atoms with Crippen molar-refractivity contribution < 1.29 is 9.90 Å². The van der Waals surface area contributed by atoms with Crippen molar-refractivity contribution in [3.05, 3.63) is 101 Å². The summed E-state index contributed by atoms with van der Waals surface area (Å²) >= 11 is 0. The van der Waals surface area contributed by atoms with Gasteiger partial charge in [-0.05, 0) is 57.9 Å². The number of hydrogen-bond donors (Lipinski definition) is 1. The SMILES string of the molecule is O=C(O)c1cc(C2CC2)cnc1Cc1ccc2cccc(-c3ccccc3)c2c1. The molecule has 0 spiro atoms. The van der Waals surface area contributed by atoms with Crippen molar-refractivity contribution in [1.82, 2.24) is 4.98 Å². The minimum atomic E-state index is -0.902. The third-order valence-electron chi connectivity index (χ3n) is 5.67. The molecule has 1 aliphatic carbocycles. The fourth-order valence-electron chi connectivity index (χ4n) is 3.97. The molecular weight excluding hydrogens is 358 g/mol. The quantitative estimate of drug-likeness (QED) is 0.458. The van der Waals surface area contributed by atoms with Crippen molar-refractivity contribution in [2.45, 2.75) is 25.2 Å². The van der Waals surface area contributed by atoms with E-state index < -0.39 is 5.97 Å². The van der Waals surface area contributed by atoms with Crippen LogP contribution in [0.15, 0.2) is 79.0 Å². The lowest BCUT2D eigenvalue weighted by Gasteiger charge is -2.11. The zero-order valence-corrected chi connectivity index (χ0v) is 16.0. The number of carbonyl (C=O) groups is 1. The van der Waals surface area contributed by atoms with Gasteiger partial charge in [-0.25, -0.2) is 4.79 Å². The van der Waals surface area contributed by atoms with E-state index in [1.165, 1.54) is 21.9 Å². The Morgan fingerprint density at radius 3 is 2.55 bits per heavy atom. The Balaban J connectivity index is 1.55. The first-order valence-corrected chi connectivity index (χ1v) is 9.98. The molecule has 29 heavy (non-hydrogen) atoms. The van der Waals surface area contributed by atoms with Crippen LogP contribution in [-0.2, 0) is 6.42 Å². The Kier molecular flexibility index (Phi) is 4.36. The summed E-state index contributed by atoms with van der Waals surface area (Å²) in [7, 11) is 0. The van der Waals surface area contributed by atoms with Crippen LogP contribution in [-0.4, -0.2) is 16.1 Å². The van der Waals surface area contributed by atoms with Crippen LogP contribution in [0, 0.1) is 0 Å². The van der Waals surface area contributed by atoms with E-state index in [9.17, 15) is 9.90 Å². The van der Waals surface area contributed by atoms with Crippen LogP contribution in [0.5, 0.6) is 0 Å². The molecule has 142 valence electrons. The van der Waals surface area contributed by atoms with Crippen molar-refractivity contribution in [3.63, 3.8) is 0 Å². The maximum Gasteiger partial charge on any atom is 0.337 e. The average Bonchev–Trinajstić information content (AvgIpc) is 3.59. The molecule has 4 aromatic rings. The lowest BCUT2D eigenvalue weighted by molar-refractivity contribution is 0.0695. The predicted molar refractivity (Wildman–Crippen MR) is 115 cm³/mol. The molecule has 0 aliphatic heterocycles. The van der Waals surface area contributed by atoms with E-state index in [1.54, 1.807) is 0 Å². The van der Waals surface area contributed by atoms with Gasteiger partial charge in [-0.3, -0.25) is 4.98 Å². The molecule has 0 unspecified atom stereocenters. The second-order valence-corrected chi connectivity index (χ2v) is 7.75. The second-order valence-electron chi connectivity index (χ2n) is 7.75. The van der Waals surface area contributed by atoms with E-state index in [0.717, 1.165) is 24.0 Å². The third-order valence-corrected chi connectivity index (χ3v) is 5.67. The molecule has 3 heteroatoms. The molecule has 1 aliphatic rings. The van der Waals surface area contributed by atoms with Crippen molar-refractivity contribution in [2.75, 3.05) is 0 Å². The molecule has 0 atom stereocenters. The van der Waals surface area contributed by atoms with E-state index in [4.69, 9.17) is 0 Å². The van der Waals surface area contributed by atoms with Crippen molar-refractivity contribution >= 4 is 16.7 Å². The van der Waals surface area contributed by atoms with Crippen LogP contribution >= 0.6 is 0 Å². The van der Waals surface area contributed by atoms with Crippen LogP contribution in [0.1, 0.15) is 45.9 Å². The van der Waals surface area contributed by atoms with E-state index >= 15 is 0 Å². The summed E-state index contributed by atoms with van der Waals surface area (Å²) in [5.41, 5.74) is 5.42. The molecular formula is C26H21NO2. The first-order valence-electron chi connectivity index (χ1n) is 9.98. The average molecular weight is 379 g/mol. The number of rotatable bonds is 5. The largest absolute Gasteiger partial charge is 0.478 e. The number of pyridine rings is 1. The van der Waals surface area contributed by atoms with E-state index in [0.29, 0.717) is 23.6 Å². The topological polar surface area (TPSA) is 50.2 Å². The molecule has 3 aromatic carbocycles. The molecule has 0 radical (unpaired) electrons. The summed E-state index contributed by atoms with van der Waals surface area (Å²) in [6.07, 6.45) is 4.63. The number of carboxylic acids is 1. The fraction of sp³-hybridized carbons (Fsp3) is 0.154. The van der Waals surface area contributed by atoms with Gasteiger partial charge in [0.25, 0.3) is 0 Å². The van der Waals surface area contributed by atoms with Gasteiger partial charge in [-0.1, -0.05) is 66.7 Å². The van der Waals surface area contributed by atoms with Crippen molar-refractivity contribution in [2.24, 2.45) is 0 Å². The van der Waals surface area contributed by atoms with Crippen molar-refractivity contribution in [3.8, 4) is 11.1 Å². The van der Waals surface area contributed by atoms with Gasteiger partial charge >= 0.3 is 5.97 Å². The summed E-state index contributed by atoms with van der Waals surface area (Å²) < 4.78 is 0. The molecule has 3 nitrogen and oxygen atoms in total. The highest BCUT2D eigenvalue weighted by atomic mass is 16.4. The zero-order chi connectivity index (χ0) is 19.8. The first kappa shape index (κ1) is 17.6. The summed E-state index contributed by atoms with van der Waals surface area (Å²) in [6, 6.07) is 24.8. The minimum Gasteiger partial charge on any atom is -0.478 e. The van der Waals surface area contributed by atoms with Crippen LogP contribution in [0.4, 0.5) is 0 Å². The lowest BCUT2D eigenvalue weighted by atomic mass is 9.95. The van der Waals surface area contributed by atoms with E-state index in [1.807, 2.05) is 30.5 Å². The van der Waals surface area contributed by atoms with Gasteiger partial charge in [-0.2, -0.15) is 0 Å². The Morgan fingerprint density at radius 2 is 1.79 bits per heavy atom. The number of carboxylic acid groups (broad SMARTS) is 1. The first-order chi connectivity index (χ1) is 14.2. The number of benzene rings is 3. The molecule has 0 bridgehead atoms. The highest BCUT2D eigenvalue weighted by molar-refractivity contribution is 5.97. The van der Waals surface area contributed by atoms with Crippen LogP contribution in [0.2, 0.25) is 0 Å². The summed E-state index contributed by atoms with van der Waals surface area (Å²) in [4.78, 5) is 16.4.